The monoisotopic (exact) mass is 453 g/mol. The van der Waals surface area contributed by atoms with Crippen LogP contribution in [0.2, 0.25) is 0 Å². The number of fused-ring (bicyclic) bond motifs is 1. The first-order valence-electron chi connectivity index (χ1n) is 11.0. The van der Waals surface area contributed by atoms with Crippen LogP contribution < -0.4 is 15.8 Å². The molecule has 0 fully saturated rings. The van der Waals surface area contributed by atoms with Crippen LogP contribution in [0.3, 0.4) is 0 Å². The molecule has 4 rings (SSSR count). The van der Waals surface area contributed by atoms with Crippen LogP contribution in [-0.4, -0.2) is 16.8 Å². The molecule has 0 saturated carbocycles. The van der Waals surface area contributed by atoms with Crippen molar-refractivity contribution in [2.45, 2.75) is 32.8 Å². The van der Waals surface area contributed by atoms with Gasteiger partial charge in [-0.3, -0.25) is 14.6 Å². The second-order valence-corrected chi connectivity index (χ2v) is 9.17. The minimum atomic E-state index is -0.577. The van der Waals surface area contributed by atoms with E-state index in [1.807, 2.05) is 60.7 Å². The van der Waals surface area contributed by atoms with E-state index in [2.05, 4.69) is 31.1 Å². The highest BCUT2D eigenvalue weighted by Gasteiger charge is 2.15. The molecule has 3 N–H and O–H groups in total. The third kappa shape index (κ3) is 5.23. The second kappa shape index (κ2) is 9.35. The number of nitrogens with one attached hydrogen (secondary N) is 1. The van der Waals surface area contributed by atoms with Crippen LogP contribution in [0.25, 0.3) is 10.8 Å². The fraction of sp³-hybridized carbons (Fsp3) is 0.179. The maximum absolute atomic E-state index is 12.8. The summed E-state index contributed by atoms with van der Waals surface area (Å²) in [5, 5.41) is 4.87. The zero-order valence-electron chi connectivity index (χ0n) is 19.5. The molecule has 0 radical (unpaired) electrons. The Balaban J connectivity index is 1.49. The van der Waals surface area contributed by atoms with Crippen molar-refractivity contribution >= 4 is 28.3 Å². The van der Waals surface area contributed by atoms with Crippen molar-refractivity contribution in [1.29, 1.82) is 0 Å². The van der Waals surface area contributed by atoms with Crippen molar-refractivity contribution in [3.05, 3.63) is 101 Å². The lowest BCUT2D eigenvalue weighted by Crippen LogP contribution is -2.14. The highest BCUT2D eigenvalue weighted by molar-refractivity contribution is 6.09. The average Bonchev–Trinajstić information content (AvgIpc) is 2.82. The number of hydrogen-bond acceptors (Lipinski definition) is 4. The number of amides is 2. The molecule has 0 aliphatic rings. The minimum Gasteiger partial charge on any atom is -0.489 e. The van der Waals surface area contributed by atoms with Crippen molar-refractivity contribution in [1.82, 2.24) is 4.98 Å². The smallest absolute Gasteiger partial charge is 0.267 e. The summed E-state index contributed by atoms with van der Waals surface area (Å²) in [7, 11) is 0. The number of aromatic nitrogens is 1. The Labute approximate surface area is 198 Å². The molecule has 0 bridgehead atoms. The number of anilines is 1. The number of carbonyl (C=O) groups excluding carboxylic acids is 2. The number of ether oxygens (including phenoxy) is 1. The van der Waals surface area contributed by atoms with E-state index in [0.717, 1.165) is 22.0 Å². The van der Waals surface area contributed by atoms with E-state index in [-0.39, 0.29) is 23.6 Å². The number of pyridine rings is 1. The molecular formula is C28H27N3O3. The highest BCUT2D eigenvalue weighted by atomic mass is 16.5. The van der Waals surface area contributed by atoms with Gasteiger partial charge in [0.15, 0.2) is 0 Å². The number of nitrogens with two attached hydrogens (primary N) is 1. The van der Waals surface area contributed by atoms with Crippen molar-refractivity contribution < 1.29 is 14.3 Å². The molecule has 4 aromatic rings. The van der Waals surface area contributed by atoms with Gasteiger partial charge in [-0.05, 0) is 70.5 Å². The summed E-state index contributed by atoms with van der Waals surface area (Å²) in [6.45, 7) is 6.71. The van der Waals surface area contributed by atoms with E-state index in [9.17, 15) is 9.59 Å². The van der Waals surface area contributed by atoms with E-state index in [0.29, 0.717) is 11.3 Å². The Morgan fingerprint density at radius 1 is 0.971 bits per heavy atom. The molecule has 0 aliphatic carbocycles. The number of carbonyl (C=O) groups is 2. The Hall–Kier alpha value is -4.19. The molecule has 0 saturated heterocycles. The Bertz CT molecular complexity index is 1360. The summed E-state index contributed by atoms with van der Waals surface area (Å²) in [5.41, 5.74) is 8.84. The first kappa shape index (κ1) is 23.0. The van der Waals surface area contributed by atoms with Gasteiger partial charge in [0.05, 0.1) is 0 Å². The molecule has 2 amide bonds. The predicted octanol–water partition coefficient (Wildman–Crippen LogP) is 5.46. The first-order chi connectivity index (χ1) is 16.2. The molecule has 172 valence electrons. The molecule has 1 heterocycles. The van der Waals surface area contributed by atoms with Gasteiger partial charge in [0.2, 0.25) is 0 Å². The lowest BCUT2D eigenvalue weighted by atomic mass is 9.86. The average molecular weight is 454 g/mol. The van der Waals surface area contributed by atoms with Crippen molar-refractivity contribution in [2.24, 2.45) is 5.73 Å². The summed E-state index contributed by atoms with van der Waals surface area (Å²) >= 11 is 0. The maximum atomic E-state index is 12.8. The molecule has 0 aliphatic heterocycles. The zero-order chi connectivity index (χ0) is 24.3. The summed E-state index contributed by atoms with van der Waals surface area (Å²) in [6, 6.07) is 22.5. The van der Waals surface area contributed by atoms with Gasteiger partial charge >= 0.3 is 0 Å². The number of primary amides is 1. The number of nitrogens with zero attached hydrogens (tertiary/aromatic N) is 1. The van der Waals surface area contributed by atoms with Crippen LogP contribution in [0.5, 0.6) is 5.75 Å². The zero-order valence-corrected chi connectivity index (χ0v) is 19.5. The molecular weight excluding hydrogens is 426 g/mol. The molecule has 6 heteroatoms. The van der Waals surface area contributed by atoms with E-state index in [1.165, 1.54) is 11.8 Å². The van der Waals surface area contributed by atoms with Crippen LogP contribution in [0, 0.1) is 0 Å². The quantitative estimate of drug-likeness (QED) is 0.405. The molecule has 0 unspecified atom stereocenters. The maximum Gasteiger partial charge on any atom is 0.267 e. The second-order valence-electron chi connectivity index (χ2n) is 9.17. The SMILES string of the molecule is CC(C)(C)c1ccc(C(=O)Nc2cccc3cc(OCc4ccnc(C(N)=O)c4)ccc23)cc1. The topological polar surface area (TPSA) is 94.3 Å². The Kier molecular flexibility index (Phi) is 6.32. The van der Waals surface area contributed by atoms with E-state index in [4.69, 9.17) is 10.5 Å². The number of hydrogen-bond donors (Lipinski definition) is 2. The van der Waals surface area contributed by atoms with Crippen LogP contribution >= 0.6 is 0 Å². The summed E-state index contributed by atoms with van der Waals surface area (Å²) in [5.74, 6) is -0.0605. The fourth-order valence-corrected chi connectivity index (χ4v) is 3.64. The summed E-state index contributed by atoms with van der Waals surface area (Å²) in [4.78, 5) is 28.1. The van der Waals surface area contributed by atoms with Crippen LogP contribution in [0.15, 0.2) is 79.0 Å². The van der Waals surface area contributed by atoms with Gasteiger partial charge in [-0.1, -0.05) is 45.0 Å². The van der Waals surface area contributed by atoms with Crippen LogP contribution in [0.1, 0.15) is 52.7 Å². The van der Waals surface area contributed by atoms with Gasteiger partial charge < -0.3 is 15.8 Å². The van der Waals surface area contributed by atoms with E-state index in [1.54, 1.807) is 12.1 Å². The van der Waals surface area contributed by atoms with Crippen molar-refractivity contribution in [2.75, 3.05) is 5.32 Å². The van der Waals surface area contributed by atoms with Gasteiger partial charge in [-0.25, -0.2) is 0 Å². The number of benzene rings is 3. The lowest BCUT2D eigenvalue weighted by molar-refractivity contribution is 0.0993. The van der Waals surface area contributed by atoms with Gasteiger partial charge in [0.25, 0.3) is 11.8 Å². The Morgan fingerprint density at radius 3 is 2.44 bits per heavy atom. The molecule has 0 atom stereocenters. The molecule has 6 nitrogen and oxygen atoms in total. The van der Waals surface area contributed by atoms with Crippen LogP contribution in [0.4, 0.5) is 5.69 Å². The van der Waals surface area contributed by atoms with Gasteiger partial charge in [0.1, 0.15) is 18.1 Å². The molecule has 0 spiro atoms. The minimum absolute atomic E-state index is 0.0337. The normalized spacial score (nSPS) is 11.3. The van der Waals surface area contributed by atoms with Gasteiger partial charge in [0, 0.05) is 22.8 Å². The standard InChI is InChI=1S/C28H27N3O3/c1-28(2,3)21-9-7-19(8-10-21)27(33)31-24-6-4-5-20-16-22(11-12-23(20)24)34-17-18-13-14-30-25(15-18)26(29)32/h4-16H,17H2,1-3H3,(H2,29,32)(H,31,33). The van der Waals surface area contributed by atoms with Crippen molar-refractivity contribution in [3.8, 4) is 5.75 Å². The Morgan fingerprint density at radius 2 is 1.74 bits per heavy atom. The third-order valence-corrected chi connectivity index (χ3v) is 5.60. The van der Waals surface area contributed by atoms with Crippen LogP contribution in [-0.2, 0) is 12.0 Å². The molecule has 34 heavy (non-hydrogen) atoms. The highest BCUT2D eigenvalue weighted by Crippen LogP contribution is 2.28. The van der Waals surface area contributed by atoms with E-state index < -0.39 is 5.91 Å². The summed E-state index contributed by atoms with van der Waals surface area (Å²) < 4.78 is 5.90. The molecule has 3 aromatic carbocycles. The van der Waals surface area contributed by atoms with Crippen molar-refractivity contribution in [3.63, 3.8) is 0 Å². The third-order valence-electron chi connectivity index (χ3n) is 5.60. The molecule has 1 aromatic heterocycles. The number of rotatable bonds is 6. The van der Waals surface area contributed by atoms with Gasteiger partial charge in [-0.2, -0.15) is 0 Å². The fourth-order valence-electron chi connectivity index (χ4n) is 3.64. The largest absolute Gasteiger partial charge is 0.489 e. The van der Waals surface area contributed by atoms with E-state index >= 15 is 0 Å². The predicted molar refractivity (Wildman–Crippen MR) is 134 cm³/mol. The lowest BCUT2D eigenvalue weighted by Gasteiger charge is -2.19. The van der Waals surface area contributed by atoms with Gasteiger partial charge in [-0.15, -0.1) is 0 Å². The summed E-state index contributed by atoms with van der Waals surface area (Å²) in [6.07, 6.45) is 1.53. The first-order valence-corrected chi connectivity index (χ1v) is 11.0.